The van der Waals surface area contributed by atoms with Gasteiger partial charge in [0.15, 0.2) is 0 Å². The minimum Gasteiger partial charge on any atom is -0.382 e. The summed E-state index contributed by atoms with van der Waals surface area (Å²) in [6.07, 6.45) is 0. The molecule has 1 aromatic carbocycles. The highest BCUT2D eigenvalue weighted by molar-refractivity contribution is 9.10. The smallest absolute Gasteiger partial charge is 0.234 e. The number of amides is 1. The van der Waals surface area contributed by atoms with Gasteiger partial charge in [-0.1, -0.05) is 6.07 Å². The summed E-state index contributed by atoms with van der Waals surface area (Å²) < 4.78 is 0.936. The van der Waals surface area contributed by atoms with Gasteiger partial charge in [-0.15, -0.1) is 0 Å². The average molecular weight is 283 g/mol. The van der Waals surface area contributed by atoms with E-state index in [1.54, 1.807) is 4.90 Å². The lowest BCUT2D eigenvalue weighted by Gasteiger charge is -2.25. The van der Waals surface area contributed by atoms with Gasteiger partial charge >= 0.3 is 0 Å². The van der Waals surface area contributed by atoms with E-state index in [0.717, 1.165) is 15.8 Å². The summed E-state index contributed by atoms with van der Waals surface area (Å²) in [6.45, 7) is 4.57. The number of halogens is 1. The molecule has 0 aliphatic carbocycles. The van der Waals surface area contributed by atoms with Crippen LogP contribution < -0.4 is 10.2 Å². The van der Waals surface area contributed by atoms with Gasteiger partial charge < -0.3 is 10.2 Å². The Balaban J connectivity index is 2.56. The largest absolute Gasteiger partial charge is 0.382 e. The molecule has 0 saturated carbocycles. The minimum absolute atomic E-state index is 0.130. The van der Waals surface area contributed by atoms with Crippen LogP contribution in [0.5, 0.6) is 0 Å². The van der Waals surface area contributed by atoms with Crippen LogP contribution in [-0.4, -0.2) is 19.5 Å². The topological polar surface area (TPSA) is 32.3 Å². The van der Waals surface area contributed by atoms with Crippen molar-refractivity contribution in [3.63, 3.8) is 0 Å². The van der Waals surface area contributed by atoms with Crippen LogP contribution >= 0.6 is 15.9 Å². The van der Waals surface area contributed by atoms with E-state index in [1.807, 2.05) is 39.1 Å². The summed E-state index contributed by atoms with van der Waals surface area (Å²) in [5.74, 6) is 0.130. The molecule has 1 aliphatic heterocycles. The molecule has 1 N–H and O–H groups in total. The van der Waals surface area contributed by atoms with Crippen LogP contribution in [0.25, 0.3) is 0 Å². The fourth-order valence-electron chi connectivity index (χ4n) is 1.95. The monoisotopic (exact) mass is 282 g/mol. The third-order valence-electron chi connectivity index (χ3n) is 2.93. The van der Waals surface area contributed by atoms with Gasteiger partial charge in [0, 0.05) is 18.1 Å². The Kier molecular flexibility index (Phi) is 2.70. The maximum Gasteiger partial charge on any atom is 0.234 e. The van der Waals surface area contributed by atoms with Gasteiger partial charge in [0.05, 0.1) is 16.8 Å². The molecule has 0 bridgehead atoms. The molecule has 0 saturated heterocycles. The molecule has 2 rings (SSSR count). The molecule has 86 valence electrons. The van der Waals surface area contributed by atoms with Crippen molar-refractivity contribution in [2.24, 2.45) is 5.41 Å². The highest BCUT2D eigenvalue weighted by atomic mass is 79.9. The Morgan fingerprint density at radius 1 is 1.44 bits per heavy atom. The van der Waals surface area contributed by atoms with Crippen LogP contribution in [0.15, 0.2) is 22.7 Å². The van der Waals surface area contributed by atoms with Gasteiger partial charge in [0.2, 0.25) is 5.91 Å². The molecule has 3 nitrogen and oxygen atoms in total. The van der Waals surface area contributed by atoms with Crippen molar-refractivity contribution in [3.8, 4) is 0 Å². The Labute approximate surface area is 104 Å². The van der Waals surface area contributed by atoms with Gasteiger partial charge in [-0.2, -0.15) is 0 Å². The molecule has 0 fully saturated rings. The number of carbonyl (C=O) groups is 1. The lowest BCUT2D eigenvalue weighted by Crippen LogP contribution is -2.40. The predicted molar refractivity (Wildman–Crippen MR) is 69.8 cm³/mol. The first-order valence-corrected chi connectivity index (χ1v) is 6.03. The molecular weight excluding hydrogens is 268 g/mol. The van der Waals surface area contributed by atoms with Gasteiger partial charge in [0.1, 0.15) is 0 Å². The van der Waals surface area contributed by atoms with Crippen LogP contribution in [0, 0.1) is 5.41 Å². The predicted octanol–water partition coefficient (Wildman–Crippen LogP) is 2.86. The van der Waals surface area contributed by atoms with E-state index < -0.39 is 0 Å². The van der Waals surface area contributed by atoms with E-state index in [1.165, 1.54) is 0 Å². The van der Waals surface area contributed by atoms with Crippen LogP contribution in [0.3, 0.4) is 0 Å². The number of para-hydroxylation sites is 1. The molecule has 0 spiro atoms. The molecule has 1 heterocycles. The number of anilines is 2. The number of nitrogens with one attached hydrogen (secondary N) is 1. The highest BCUT2D eigenvalue weighted by Crippen LogP contribution is 2.38. The second-order valence-corrected chi connectivity index (χ2v) is 5.59. The van der Waals surface area contributed by atoms with Crippen LogP contribution in [0.2, 0.25) is 0 Å². The molecular formula is C12H15BrN2O. The summed E-state index contributed by atoms with van der Waals surface area (Å²) in [7, 11) is 1.82. The lowest BCUT2D eigenvalue weighted by atomic mass is 9.92. The van der Waals surface area contributed by atoms with E-state index >= 15 is 0 Å². The maximum atomic E-state index is 12.2. The fraction of sp³-hybridized carbons (Fsp3) is 0.417. The number of fused-ring (bicyclic) bond motifs is 1. The van der Waals surface area contributed by atoms with Gasteiger partial charge in [-0.25, -0.2) is 0 Å². The number of hydrogen-bond donors (Lipinski definition) is 1. The van der Waals surface area contributed by atoms with Gasteiger partial charge in [0.25, 0.3) is 0 Å². The quantitative estimate of drug-likeness (QED) is 0.794. The summed E-state index contributed by atoms with van der Waals surface area (Å²) in [5.41, 5.74) is 1.53. The zero-order valence-electron chi connectivity index (χ0n) is 9.67. The van der Waals surface area contributed by atoms with E-state index in [2.05, 4.69) is 21.2 Å². The second-order valence-electron chi connectivity index (χ2n) is 4.74. The van der Waals surface area contributed by atoms with Gasteiger partial charge in [-0.05, 0) is 41.9 Å². The first kappa shape index (κ1) is 11.5. The van der Waals surface area contributed by atoms with E-state index in [9.17, 15) is 4.79 Å². The Morgan fingerprint density at radius 3 is 2.81 bits per heavy atom. The third kappa shape index (κ3) is 1.71. The van der Waals surface area contributed by atoms with E-state index in [4.69, 9.17) is 0 Å². The Bertz CT molecular complexity index is 443. The summed E-state index contributed by atoms with van der Waals surface area (Å²) in [6, 6.07) is 5.90. The molecule has 4 heteroatoms. The van der Waals surface area contributed by atoms with E-state index in [0.29, 0.717) is 6.54 Å². The number of benzene rings is 1. The lowest BCUT2D eigenvalue weighted by molar-refractivity contribution is -0.125. The molecule has 0 atom stereocenters. The molecule has 0 unspecified atom stereocenters. The number of hydrogen-bond acceptors (Lipinski definition) is 2. The Morgan fingerprint density at radius 2 is 2.12 bits per heavy atom. The highest BCUT2D eigenvalue weighted by Gasteiger charge is 2.35. The van der Waals surface area contributed by atoms with Crippen molar-refractivity contribution in [1.29, 1.82) is 0 Å². The molecule has 0 aromatic heterocycles. The molecule has 1 aliphatic rings. The average Bonchev–Trinajstić information content (AvgIpc) is 2.31. The van der Waals surface area contributed by atoms with E-state index in [-0.39, 0.29) is 11.3 Å². The van der Waals surface area contributed by atoms with Crippen LogP contribution in [-0.2, 0) is 4.79 Å². The first-order chi connectivity index (χ1) is 7.43. The standard InChI is InChI=1S/C12H15BrN2O/c1-12(2)7-14-9-6-4-5-8(13)10(9)15(3)11(12)16/h4-6,14H,7H2,1-3H3. The molecule has 1 aromatic rings. The maximum absolute atomic E-state index is 12.2. The number of nitrogens with zero attached hydrogens (tertiary/aromatic N) is 1. The summed E-state index contributed by atoms with van der Waals surface area (Å²) in [5, 5.41) is 3.32. The molecule has 1 amide bonds. The number of carbonyl (C=O) groups excluding carboxylic acids is 1. The Hall–Kier alpha value is -1.03. The van der Waals surface area contributed by atoms with Crippen molar-refractivity contribution >= 4 is 33.2 Å². The summed E-state index contributed by atoms with van der Waals surface area (Å²) >= 11 is 3.49. The minimum atomic E-state index is -0.382. The first-order valence-electron chi connectivity index (χ1n) is 5.24. The second kappa shape index (κ2) is 3.77. The third-order valence-corrected chi connectivity index (χ3v) is 3.57. The fourth-order valence-corrected chi connectivity index (χ4v) is 2.58. The van der Waals surface area contributed by atoms with Crippen molar-refractivity contribution in [1.82, 2.24) is 0 Å². The molecule has 16 heavy (non-hydrogen) atoms. The van der Waals surface area contributed by atoms with Crippen molar-refractivity contribution < 1.29 is 4.79 Å². The SMILES string of the molecule is CN1C(=O)C(C)(C)CNc2cccc(Br)c21. The van der Waals surface area contributed by atoms with Crippen molar-refractivity contribution in [3.05, 3.63) is 22.7 Å². The van der Waals surface area contributed by atoms with Crippen molar-refractivity contribution in [2.75, 3.05) is 23.8 Å². The van der Waals surface area contributed by atoms with Crippen molar-refractivity contribution in [2.45, 2.75) is 13.8 Å². The van der Waals surface area contributed by atoms with Crippen LogP contribution in [0.4, 0.5) is 11.4 Å². The summed E-state index contributed by atoms with van der Waals surface area (Å²) in [4.78, 5) is 14.0. The van der Waals surface area contributed by atoms with Crippen LogP contribution in [0.1, 0.15) is 13.8 Å². The molecule has 0 radical (unpaired) electrons. The zero-order chi connectivity index (χ0) is 11.9. The normalized spacial score (nSPS) is 18.8. The van der Waals surface area contributed by atoms with Gasteiger partial charge in [-0.3, -0.25) is 4.79 Å². The zero-order valence-corrected chi connectivity index (χ0v) is 11.3. The number of rotatable bonds is 0.